The molecule has 1 saturated heterocycles. The molecule has 0 spiro atoms. The highest BCUT2D eigenvalue weighted by Crippen LogP contribution is 2.29. The van der Waals surface area contributed by atoms with Gasteiger partial charge in [-0.05, 0) is 37.0 Å². The molecule has 0 bridgehead atoms. The van der Waals surface area contributed by atoms with E-state index in [1.165, 1.54) is 0 Å². The second-order valence-corrected chi connectivity index (χ2v) is 7.70. The van der Waals surface area contributed by atoms with E-state index in [1.807, 2.05) is 6.07 Å². The number of sulfone groups is 1. The standard InChI is InChI=1S/C15H22O5S/c1-19-13-7-6-11(10-14(13)20-2)9-12(16)15-5-3-4-8-21(15,17)18/h6-7,10,12,15-16H,3-5,8-9H2,1-2H3. The summed E-state index contributed by atoms with van der Waals surface area (Å²) in [6.07, 6.45) is 1.50. The maximum atomic E-state index is 12.0. The van der Waals surface area contributed by atoms with Gasteiger partial charge in [-0.3, -0.25) is 0 Å². The van der Waals surface area contributed by atoms with E-state index >= 15 is 0 Å². The van der Waals surface area contributed by atoms with Gasteiger partial charge in [0.05, 0.1) is 31.3 Å². The minimum absolute atomic E-state index is 0.181. The summed E-state index contributed by atoms with van der Waals surface area (Å²) in [4.78, 5) is 0. The fourth-order valence-corrected chi connectivity index (χ4v) is 4.80. The quantitative estimate of drug-likeness (QED) is 0.893. The Bertz CT molecular complexity index is 582. The number of ether oxygens (including phenoxy) is 2. The van der Waals surface area contributed by atoms with Crippen molar-refractivity contribution in [2.45, 2.75) is 37.0 Å². The van der Waals surface area contributed by atoms with E-state index in [9.17, 15) is 13.5 Å². The zero-order chi connectivity index (χ0) is 15.5. The summed E-state index contributed by atoms with van der Waals surface area (Å²) < 4.78 is 34.4. The molecule has 118 valence electrons. The maximum Gasteiger partial charge on any atom is 0.160 e. The number of rotatable bonds is 5. The molecule has 1 N–H and O–H groups in total. The van der Waals surface area contributed by atoms with Gasteiger partial charge >= 0.3 is 0 Å². The van der Waals surface area contributed by atoms with E-state index in [4.69, 9.17) is 9.47 Å². The molecule has 0 aliphatic carbocycles. The van der Waals surface area contributed by atoms with Crippen LogP contribution in [0.5, 0.6) is 11.5 Å². The van der Waals surface area contributed by atoms with E-state index < -0.39 is 21.2 Å². The summed E-state index contributed by atoms with van der Waals surface area (Å²) in [6.45, 7) is 0. The van der Waals surface area contributed by atoms with Gasteiger partial charge in [-0.2, -0.15) is 0 Å². The molecule has 0 aromatic heterocycles. The van der Waals surface area contributed by atoms with Gasteiger partial charge in [-0.1, -0.05) is 12.5 Å². The van der Waals surface area contributed by atoms with Gasteiger partial charge in [0.15, 0.2) is 21.3 Å². The molecule has 1 aliphatic rings. The third kappa shape index (κ3) is 3.68. The largest absolute Gasteiger partial charge is 0.493 e. The third-order valence-corrected chi connectivity index (χ3v) is 6.28. The van der Waals surface area contributed by atoms with Gasteiger partial charge in [-0.25, -0.2) is 8.42 Å². The van der Waals surface area contributed by atoms with E-state index in [-0.39, 0.29) is 5.75 Å². The Morgan fingerprint density at radius 3 is 2.57 bits per heavy atom. The molecule has 2 atom stereocenters. The average Bonchev–Trinajstić information content (AvgIpc) is 2.46. The lowest BCUT2D eigenvalue weighted by molar-refractivity contribution is 0.162. The first-order valence-corrected chi connectivity index (χ1v) is 8.80. The van der Waals surface area contributed by atoms with Crippen molar-refractivity contribution in [3.05, 3.63) is 23.8 Å². The van der Waals surface area contributed by atoms with Crippen molar-refractivity contribution in [2.75, 3.05) is 20.0 Å². The molecule has 0 amide bonds. The van der Waals surface area contributed by atoms with Crippen molar-refractivity contribution in [1.29, 1.82) is 0 Å². The number of hydrogen-bond acceptors (Lipinski definition) is 5. The second kappa shape index (κ2) is 6.66. The molecule has 0 saturated carbocycles. The average molecular weight is 314 g/mol. The molecule has 2 unspecified atom stereocenters. The van der Waals surface area contributed by atoms with Crippen LogP contribution in [0.25, 0.3) is 0 Å². The lowest BCUT2D eigenvalue weighted by Gasteiger charge is -2.26. The minimum Gasteiger partial charge on any atom is -0.493 e. The number of aliphatic hydroxyl groups is 1. The van der Waals surface area contributed by atoms with E-state index in [2.05, 4.69) is 0 Å². The zero-order valence-corrected chi connectivity index (χ0v) is 13.2. The topological polar surface area (TPSA) is 72.8 Å². The van der Waals surface area contributed by atoms with Crippen LogP contribution in [0.4, 0.5) is 0 Å². The smallest absolute Gasteiger partial charge is 0.160 e. The number of aliphatic hydroxyl groups excluding tert-OH is 1. The Labute approximate surface area is 125 Å². The molecule has 21 heavy (non-hydrogen) atoms. The summed E-state index contributed by atoms with van der Waals surface area (Å²) in [6, 6.07) is 5.35. The molecule has 1 aromatic rings. The first kappa shape index (κ1) is 16.1. The van der Waals surface area contributed by atoms with Crippen LogP contribution in [-0.2, 0) is 16.3 Å². The van der Waals surface area contributed by atoms with Crippen molar-refractivity contribution in [1.82, 2.24) is 0 Å². The van der Waals surface area contributed by atoms with Crippen LogP contribution in [0.3, 0.4) is 0 Å². The SMILES string of the molecule is COc1ccc(CC(O)C2CCCCS2(=O)=O)cc1OC. The predicted octanol–water partition coefficient (Wildman–Crippen LogP) is 1.57. The summed E-state index contributed by atoms with van der Waals surface area (Å²) >= 11 is 0. The van der Waals surface area contributed by atoms with Crippen molar-refractivity contribution >= 4 is 9.84 Å². The fourth-order valence-electron chi connectivity index (χ4n) is 2.79. The summed E-state index contributed by atoms with van der Waals surface area (Å²) in [5, 5.41) is 9.65. The van der Waals surface area contributed by atoms with Crippen molar-refractivity contribution < 1.29 is 23.0 Å². The number of benzene rings is 1. The fraction of sp³-hybridized carbons (Fsp3) is 0.600. The van der Waals surface area contributed by atoms with Crippen LogP contribution in [0.15, 0.2) is 18.2 Å². The van der Waals surface area contributed by atoms with E-state index in [0.717, 1.165) is 12.0 Å². The van der Waals surface area contributed by atoms with Gasteiger partial charge in [0.2, 0.25) is 0 Å². The Morgan fingerprint density at radius 1 is 1.24 bits per heavy atom. The van der Waals surface area contributed by atoms with Gasteiger partial charge in [0.25, 0.3) is 0 Å². The lowest BCUT2D eigenvalue weighted by Crippen LogP contribution is -2.39. The normalized spacial score (nSPS) is 22.5. The molecule has 0 radical (unpaired) electrons. The van der Waals surface area contributed by atoms with Crippen molar-refractivity contribution in [3.63, 3.8) is 0 Å². The number of methoxy groups -OCH3 is 2. The van der Waals surface area contributed by atoms with E-state index in [0.29, 0.717) is 30.8 Å². The Morgan fingerprint density at radius 2 is 1.95 bits per heavy atom. The van der Waals surface area contributed by atoms with E-state index in [1.54, 1.807) is 26.4 Å². The van der Waals surface area contributed by atoms with Crippen LogP contribution in [0.2, 0.25) is 0 Å². The van der Waals surface area contributed by atoms with Crippen LogP contribution < -0.4 is 9.47 Å². The Balaban J connectivity index is 2.14. The highest BCUT2D eigenvalue weighted by molar-refractivity contribution is 7.92. The molecule has 1 aromatic carbocycles. The van der Waals surface area contributed by atoms with Gasteiger partial charge in [-0.15, -0.1) is 0 Å². The molecular weight excluding hydrogens is 292 g/mol. The summed E-state index contributed by atoms with van der Waals surface area (Å²) in [7, 11) is -0.0755. The maximum absolute atomic E-state index is 12.0. The summed E-state index contributed by atoms with van der Waals surface area (Å²) in [5.74, 6) is 1.37. The highest BCUT2D eigenvalue weighted by Gasteiger charge is 2.34. The Kier molecular flexibility index (Phi) is 5.11. The minimum atomic E-state index is -3.18. The van der Waals surface area contributed by atoms with Crippen molar-refractivity contribution in [3.8, 4) is 11.5 Å². The lowest BCUT2D eigenvalue weighted by atomic mass is 10.0. The van der Waals surface area contributed by atoms with Crippen LogP contribution >= 0.6 is 0 Å². The molecule has 2 rings (SSSR count). The summed E-state index contributed by atoms with van der Waals surface area (Å²) in [5.41, 5.74) is 0.834. The second-order valence-electron chi connectivity index (χ2n) is 5.36. The first-order chi connectivity index (χ1) is 9.97. The van der Waals surface area contributed by atoms with Crippen molar-refractivity contribution in [2.24, 2.45) is 0 Å². The molecule has 5 nitrogen and oxygen atoms in total. The predicted molar refractivity (Wildman–Crippen MR) is 80.7 cm³/mol. The van der Waals surface area contributed by atoms with Gasteiger partial charge in [0.1, 0.15) is 0 Å². The van der Waals surface area contributed by atoms with Gasteiger partial charge in [0, 0.05) is 0 Å². The molecule has 1 heterocycles. The third-order valence-electron chi connectivity index (χ3n) is 3.95. The van der Waals surface area contributed by atoms with Gasteiger partial charge < -0.3 is 14.6 Å². The van der Waals surface area contributed by atoms with Crippen LogP contribution in [-0.4, -0.2) is 44.9 Å². The monoisotopic (exact) mass is 314 g/mol. The first-order valence-electron chi connectivity index (χ1n) is 7.08. The molecule has 1 fully saturated rings. The molecule has 6 heteroatoms. The zero-order valence-electron chi connectivity index (χ0n) is 12.4. The molecular formula is C15H22O5S. The molecule has 1 aliphatic heterocycles. The van der Waals surface area contributed by atoms with Crippen LogP contribution in [0, 0.1) is 0 Å². The van der Waals surface area contributed by atoms with Crippen LogP contribution in [0.1, 0.15) is 24.8 Å². The Hall–Kier alpha value is -1.27. The number of hydrogen-bond donors (Lipinski definition) is 1. The highest BCUT2D eigenvalue weighted by atomic mass is 32.2.